The number of rotatable bonds is 3. The summed E-state index contributed by atoms with van der Waals surface area (Å²) < 4.78 is 1.93. The standard InChI is InChI=1S/C13H22N2O/c1-3-11-6-5-8-13(16,10-11)12-7-9-14-15(12)4-2/h7,9,11,16H,3-6,8,10H2,1-2H3. The molecular formula is C13H22N2O. The minimum absolute atomic E-state index is 0.633. The predicted octanol–water partition coefficient (Wildman–Crippen LogP) is 2.69. The summed E-state index contributed by atoms with van der Waals surface area (Å²) >= 11 is 0. The number of aryl methyl sites for hydroxylation is 1. The fourth-order valence-electron chi connectivity index (χ4n) is 2.93. The van der Waals surface area contributed by atoms with Gasteiger partial charge in [0.2, 0.25) is 0 Å². The Bertz CT molecular complexity index is 347. The highest BCUT2D eigenvalue weighted by molar-refractivity contribution is 5.13. The van der Waals surface area contributed by atoms with Crippen molar-refractivity contribution in [3.05, 3.63) is 18.0 Å². The maximum absolute atomic E-state index is 10.8. The Kier molecular flexibility index (Phi) is 3.33. The average Bonchev–Trinajstić information content (AvgIpc) is 2.78. The smallest absolute Gasteiger partial charge is 0.106 e. The molecule has 0 radical (unpaired) electrons. The summed E-state index contributed by atoms with van der Waals surface area (Å²) in [5.74, 6) is 0.666. The van der Waals surface area contributed by atoms with Crippen LogP contribution in [0.5, 0.6) is 0 Å². The van der Waals surface area contributed by atoms with E-state index in [1.165, 1.54) is 12.8 Å². The van der Waals surface area contributed by atoms with Crippen molar-refractivity contribution in [1.29, 1.82) is 0 Å². The quantitative estimate of drug-likeness (QED) is 0.854. The van der Waals surface area contributed by atoms with Gasteiger partial charge in [-0.15, -0.1) is 0 Å². The lowest BCUT2D eigenvalue weighted by Gasteiger charge is -2.36. The molecule has 3 nitrogen and oxygen atoms in total. The summed E-state index contributed by atoms with van der Waals surface area (Å²) in [5.41, 5.74) is 0.374. The molecule has 1 N–H and O–H groups in total. The molecule has 1 aliphatic rings. The van der Waals surface area contributed by atoms with Crippen molar-refractivity contribution in [1.82, 2.24) is 9.78 Å². The number of hydrogen-bond acceptors (Lipinski definition) is 2. The van der Waals surface area contributed by atoms with Crippen LogP contribution in [0.15, 0.2) is 12.3 Å². The van der Waals surface area contributed by atoms with Crippen LogP contribution in [0.4, 0.5) is 0 Å². The fourth-order valence-corrected chi connectivity index (χ4v) is 2.93. The average molecular weight is 222 g/mol. The van der Waals surface area contributed by atoms with Crippen molar-refractivity contribution in [2.75, 3.05) is 0 Å². The third kappa shape index (κ3) is 2.01. The van der Waals surface area contributed by atoms with Crippen LogP contribution in [0, 0.1) is 5.92 Å². The second-order valence-electron chi connectivity index (χ2n) is 4.93. The van der Waals surface area contributed by atoms with E-state index in [4.69, 9.17) is 0 Å². The zero-order chi connectivity index (χ0) is 11.6. The summed E-state index contributed by atoms with van der Waals surface area (Å²) in [6.45, 7) is 5.12. The van der Waals surface area contributed by atoms with E-state index in [0.717, 1.165) is 31.5 Å². The summed E-state index contributed by atoms with van der Waals surface area (Å²) in [6, 6.07) is 1.97. The van der Waals surface area contributed by atoms with Crippen molar-refractivity contribution < 1.29 is 5.11 Å². The number of aliphatic hydroxyl groups is 1. The van der Waals surface area contributed by atoms with Crippen LogP contribution in [0.2, 0.25) is 0 Å². The van der Waals surface area contributed by atoms with Crippen molar-refractivity contribution in [2.24, 2.45) is 5.92 Å². The number of nitrogens with zero attached hydrogens (tertiary/aromatic N) is 2. The van der Waals surface area contributed by atoms with Gasteiger partial charge in [-0.2, -0.15) is 5.10 Å². The molecule has 1 aromatic rings. The van der Waals surface area contributed by atoms with E-state index >= 15 is 0 Å². The van der Waals surface area contributed by atoms with E-state index < -0.39 is 5.60 Å². The molecule has 16 heavy (non-hydrogen) atoms. The molecule has 1 heterocycles. The first-order valence-corrected chi connectivity index (χ1v) is 6.44. The lowest BCUT2D eigenvalue weighted by atomic mass is 9.75. The van der Waals surface area contributed by atoms with Crippen molar-refractivity contribution >= 4 is 0 Å². The van der Waals surface area contributed by atoms with Gasteiger partial charge in [-0.25, -0.2) is 0 Å². The molecule has 0 saturated heterocycles. The van der Waals surface area contributed by atoms with Gasteiger partial charge in [0.1, 0.15) is 5.60 Å². The van der Waals surface area contributed by atoms with Gasteiger partial charge < -0.3 is 5.11 Å². The van der Waals surface area contributed by atoms with Gasteiger partial charge >= 0.3 is 0 Å². The highest BCUT2D eigenvalue weighted by atomic mass is 16.3. The number of aromatic nitrogens is 2. The van der Waals surface area contributed by atoms with E-state index in [-0.39, 0.29) is 0 Å². The van der Waals surface area contributed by atoms with Gasteiger partial charge in [-0.3, -0.25) is 4.68 Å². The van der Waals surface area contributed by atoms with Gasteiger partial charge in [0.25, 0.3) is 0 Å². The second kappa shape index (κ2) is 4.58. The Hall–Kier alpha value is -0.830. The third-order valence-electron chi connectivity index (χ3n) is 3.90. The monoisotopic (exact) mass is 222 g/mol. The van der Waals surface area contributed by atoms with E-state index in [9.17, 15) is 5.11 Å². The Morgan fingerprint density at radius 2 is 2.38 bits per heavy atom. The lowest BCUT2D eigenvalue weighted by molar-refractivity contribution is -0.0289. The SMILES string of the molecule is CCC1CCCC(O)(c2ccnn2CC)C1. The van der Waals surface area contributed by atoms with Gasteiger partial charge in [-0.1, -0.05) is 19.8 Å². The van der Waals surface area contributed by atoms with Crippen molar-refractivity contribution in [3.63, 3.8) is 0 Å². The summed E-state index contributed by atoms with van der Waals surface area (Å²) in [4.78, 5) is 0. The molecule has 2 atom stereocenters. The largest absolute Gasteiger partial charge is 0.384 e. The van der Waals surface area contributed by atoms with Crippen LogP contribution in [0.25, 0.3) is 0 Å². The van der Waals surface area contributed by atoms with Crippen molar-refractivity contribution in [3.8, 4) is 0 Å². The van der Waals surface area contributed by atoms with Crippen LogP contribution < -0.4 is 0 Å². The molecule has 0 amide bonds. The molecular weight excluding hydrogens is 200 g/mol. The van der Waals surface area contributed by atoms with E-state index in [2.05, 4.69) is 18.9 Å². The summed E-state index contributed by atoms with van der Waals surface area (Å²) in [5, 5.41) is 15.0. The van der Waals surface area contributed by atoms with Gasteiger partial charge in [0.05, 0.1) is 5.69 Å². The Morgan fingerprint density at radius 1 is 1.56 bits per heavy atom. The topological polar surface area (TPSA) is 38.1 Å². The molecule has 90 valence electrons. The molecule has 2 rings (SSSR count). The van der Waals surface area contributed by atoms with Crippen molar-refractivity contribution in [2.45, 2.75) is 58.1 Å². The van der Waals surface area contributed by atoms with E-state index in [0.29, 0.717) is 5.92 Å². The minimum Gasteiger partial charge on any atom is -0.384 e. The molecule has 1 fully saturated rings. The molecule has 0 aromatic carbocycles. The maximum atomic E-state index is 10.8. The Labute approximate surface area is 97.5 Å². The first kappa shape index (κ1) is 11.6. The van der Waals surface area contributed by atoms with Gasteiger partial charge in [0.15, 0.2) is 0 Å². The minimum atomic E-state index is -0.633. The zero-order valence-corrected chi connectivity index (χ0v) is 10.3. The molecule has 1 saturated carbocycles. The third-order valence-corrected chi connectivity index (χ3v) is 3.90. The Balaban J connectivity index is 2.23. The van der Waals surface area contributed by atoms with Crippen LogP contribution in [0.1, 0.15) is 51.6 Å². The lowest BCUT2D eigenvalue weighted by Crippen LogP contribution is -2.34. The number of hydrogen-bond donors (Lipinski definition) is 1. The summed E-state index contributed by atoms with van der Waals surface area (Å²) in [6.07, 6.45) is 7.14. The highest BCUT2D eigenvalue weighted by Gasteiger charge is 2.37. The fraction of sp³-hybridized carbons (Fsp3) is 0.769. The first-order valence-electron chi connectivity index (χ1n) is 6.44. The van der Waals surface area contributed by atoms with Gasteiger partial charge in [0, 0.05) is 12.7 Å². The first-order chi connectivity index (χ1) is 7.69. The van der Waals surface area contributed by atoms with Crippen LogP contribution in [-0.4, -0.2) is 14.9 Å². The van der Waals surface area contributed by atoms with Crippen LogP contribution in [0.3, 0.4) is 0 Å². The molecule has 3 heteroatoms. The normalized spacial score (nSPS) is 30.6. The maximum Gasteiger partial charge on any atom is 0.106 e. The molecule has 0 spiro atoms. The highest BCUT2D eigenvalue weighted by Crippen LogP contribution is 2.40. The molecule has 1 aromatic heterocycles. The van der Waals surface area contributed by atoms with E-state index in [1.54, 1.807) is 6.20 Å². The molecule has 2 unspecified atom stereocenters. The molecule has 0 aliphatic heterocycles. The second-order valence-corrected chi connectivity index (χ2v) is 4.93. The predicted molar refractivity (Wildman–Crippen MR) is 64.0 cm³/mol. The van der Waals surface area contributed by atoms with Crippen LogP contribution in [-0.2, 0) is 12.1 Å². The van der Waals surface area contributed by atoms with Crippen LogP contribution >= 0.6 is 0 Å². The molecule has 1 aliphatic carbocycles. The molecule has 0 bridgehead atoms. The van der Waals surface area contributed by atoms with Gasteiger partial charge in [-0.05, 0) is 38.2 Å². The Morgan fingerprint density at radius 3 is 3.06 bits per heavy atom. The zero-order valence-electron chi connectivity index (χ0n) is 10.3. The van der Waals surface area contributed by atoms with E-state index in [1.807, 2.05) is 10.7 Å². The summed E-state index contributed by atoms with van der Waals surface area (Å²) in [7, 11) is 0.